The number of benzene rings is 3. The van der Waals surface area contributed by atoms with Gasteiger partial charge >= 0.3 is 0 Å². The Labute approximate surface area is 144 Å². The molecule has 120 valence electrons. The average molecular weight is 326 g/mol. The second-order valence-electron chi connectivity index (χ2n) is 6.09. The van der Waals surface area contributed by atoms with Crippen LogP contribution < -0.4 is 0 Å². The molecule has 3 aromatic carbocycles. The number of carbonyl (C=O) groups is 3. The first-order valence-corrected chi connectivity index (χ1v) is 8.01. The van der Waals surface area contributed by atoms with Gasteiger partial charge in [-0.25, -0.2) is 0 Å². The van der Waals surface area contributed by atoms with E-state index >= 15 is 0 Å². The van der Waals surface area contributed by atoms with Crippen LogP contribution in [-0.4, -0.2) is 17.3 Å². The van der Waals surface area contributed by atoms with E-state index in [1.54, 1.807) is 43.3 Å². The standard InChI is InChI=1S/C22H14O3/c1-13-19(22(25)18-9-5-4-8-17(18)20(13)23)21(24)16-11-10-14-6-2-3-7-15(14)12-16/h2-12H,1H3. The summed E-state index contributed by atoms with van der Waals surface area (Å²) in [5, 5.41) is 1.93. The predicted octanol–water partition coefficient (Wildman–Crippen LogP) is 4.42. The Morgan fingerprint density at radius 1 is 0.720 bits per heavy atom. The third-order valence-corrected chi connectivity index (χ3v) is 4.60. The largest absolute Gasteiger partial charge is 0.289 e. The first-order chi connectivity index (χ1) is 12.1. The maximum atomic E-state index is 13.0. The number of Topliss-reactive ketones (excluding diaryl/α,β-unsaturated/α-hetero) is 3. The van der Waals surface area contributed by atoms with Crippen LogP contribution in [0.1, 0.15) is 38.0 Å². The molecule has 0 aliphatic heterocycles. The van der Waals surface area contributed by atoms with Crippen molar-refractivity contribution < 1.29 is 14.4 Å². The van der Waals surface area contributed by atoms with Crippen LogP contribution in [0.15, 0.2) is 77.9 Å². The lowest BCUT2D eigenvalue weighted by Gasteiger charge is -2.18. The van der Waals surface area contributed by atoms with Gasteiger partial charge in [0.15, 0.2) is 17.3 Å². The minimum atomic E-state index is -0.406. The van der Waals surface area contributed by atoms with Crippen molar-refractivity contribution >= 4 is 28.1 Å². The van der Waals surface area contributed by atoms with Crippen LogP contribution in [0, 0.1) is 0 Å². The van der Waals surface area contributed by atoms with Gasteiger partial charge < -0.3 is 0 Å². The molecule has 0 atom stereocenters. The highest BCUT2D eigenvalue weighted by molar-refractivity contribution is 6.39. The van der Waals surface area contributed by atoms with Crippen molar-refractivity contribution in [2.45, 2.75) is 6.92 Å². The van der Waals surface area contributed by atoms with Crippen molar-refractivity contribution in [2.24, 2.45) is 0 Å². The quantitative estimate of drug-likeness (QED) is 0.517. The molecule has 0 bridgehead atoms. The molecule has 0 amide bonds. The maximum absolute atomic E-state index is 13.0. The Balaban J connectivity index is 1.85. The van der Waals surface area contributed by atoms with Gasteiger partial charge in [-0.05, 0) is 23.8 Å². The predicted molar refractivity (Wildman–Crippen MR) is 96.1 cm³/mol. The van der Waals surface area contributed by atoms with Crippen LogP contribution in [0.2, 0.25) is 0 Å². The fraction of sp³-hybridized carbons (Fsp3) is 0.0455. The molecule has 0 fully saturated rings. The van der Waals surface area contributed by atoms with E-state index in [0.717, 1.165) is 10.8 Å². The van der Waals surface area contributed by atoms with Crippen molar-refractivity contribution in [3.63, 3.8) is 0 Å². The third kappa shape index (κ3) is 2.32. The van der Waals surface area contributed by atoms with Gasteiger partial charge in [-0.15, -0.1) is 0 Å². The van der Waals surface area contributed by atoms with E-state index in [-0.39, 0.29) is 22.7 Å². The lowest BCUT2D eigenvalue weighted by Crippen LogP contribution is -2.25. The summed E-state index contributed by atoms with van der Waals surface area (Å²) < 4.78 is 0. The minimum absolute atomic E-state index is 0.0287. The Kier molecular flexibility index (Phi) is 3.43. The van der Waals surface area contributed by atoms with Crippen LogP contribution in [0.3, 0.4) is 0 Å². The molecule has 25 heavy (non-hydrogen) atoms. The summed E-state index contributed by atoms with van der Waals surface area (Å²) >= 11 is 0. The van der Waals surface area contributed by atoms with Gasteiger partial charge in [-0.1, -0.05) is 60.7 Å². The molecule has 4 rings (SSSR count). The highest BCUT2D eigenvalue weighted by atomic mass is 16.2. The Hall–Kier alpha value is -3.33. The SMILES string of the molecule is CC1=C(C(=O)c2ccc3ccccc3c2)C(=O)c2ccccc2C1=O. The topological polar surface area (TPSA) is 51.2 Å². The summed E-state index contributed by atoms with van der Waals surface area (Å²) in [7, 11) is 0. The fourth-order valence-corrected chi connectivity index (χ4v) is 3.25. The number of allylic oxidation sites excluding steroid dienone is 2. The molecule has 3 nitrogen and oxygen atoms in total. The van der Waals surface area contributed by atoms with E-state index in [1.807, 2.05) is 30.3 Å². The van der Waals surface area contributed by atoms with Crippen molar-refractivity contribution in [2.75, 3.05) is 0 Å². The molecule has 1 aliphatic carbocycles. The molecule has 0 saturated carbocycles. The molecule has 3 aromatic rings. The molecule has 1 aliphatic rings. The van der Waals surface area contributed by atoms with Gasteiger partial charge in [0.05, 0.1) is 5.57 Å². The van der Waals surface area contributed by atoms with Crippen LogP contribution in [0.4, 0.5) is 0 Å². The van der Waals surface area contributed by atoms with Crippen LogP contribution in [0.25, 0.3) is 10.8 Å². The van der Waals surface area contributed by atoms with Crippen molar-refractivity contribution in [1.29, 1.82) is 0 Å². The second-order valence-corrected chi connectivity index (χ2v) is 6.09. The van der Waals surface area contributed by atoms with E-state index in [0.29, 0.717) is 16.7 Å². The molecule has 3 heteroatoms. The second kappa shape index (κ2) is 5.64. The molecule has 0 saturated heterocycles. The molecule has 0 N–H and O–H groups in total. The van der Waals surface area contributed by atoms with Crippen molar-refractivity contribution in [1.82, 2.24) is 0 Å². The van der Waals surface area contributed by atoms with E-state index < -0.39 is 5.78 Å². The number of hydrogen-bond acceptors (Lipinski definition) is 3. The lowest BCUT2D eigenvalue weighted by atomic mass is 9.81. The van der Waals surface area contributed by atoms with E-state index in [1.165, 1.54) is 0 Å². The Bertz CT molecular complexity index is 1100. The average Bonchev–Trinajstić information content (AvgIpc) is 2.66. The van der Waals surface area contributed by atoms with E-state index in [9.17, 15) is 14.4 Å². The lowest BCUT2D eigenvalue weighted by molar-refractivity contribution is 0.0927. The number of rotatable bonds is 2. The number of hydrogen-bond donors (Lipinski definition) is 0. The number of fused-ring (bicyclic) bond motifs is 2. The smallest absolute Gasteiger partial charge is 0.198 e. The zero-order chi connectivity index (χ0) is 17.6. The maximum Gasteiger partial charge on any atom is 0.198 e. The van der Waals surface area contributed by atoms with Gasteiger partial charge in [-0.3, -0.25) is 14.4 Å². The van der Waals surface area contributed by atoms with E-state index in [2.05, 4.69) is 0 Å². The minimum Gasteiger partial charge on any atom is -0.289 e. The third-order valence-electron chi connectivity index (χ3n) is 4.60. The Morgan fingerprint density at radius 2 is 1.32 bits per heavy atom. The highest BCUT2D eigenvalue weighted by Crippen LogP contribution is 2.29. The first kappa shape index (κ1) is 15.2. The van der Waals surface area contributed by atoms with Gasteiger partial charge in [0.1, 0.15) is 0 Å². The zero-order valence-electron chi connectivity index (χ0n) is 13.6. The molecule has 0 aromatic heterocycles. The summed E-state index contributed by atoms with van der Waals surface area (Å²) in [6.45, 7) is 1.55. The Morgan fingerprint density at radius 3 is 2.04 bits per heavy atom. The molecule has 0 heterocycles. The van der Waals surface area contributed by atoms with Crippen molar-refractivity contribution in [3.8, 4) is 0 Å². The summed E-state index contributed by atoms with van der Waals surface area (Å²) in [6, 6.07) is 19.6. The van der Waals surface area contributed by atoms with Gasteiger partial charge in [0, 0.05) is 22.3 Å². The number of ketones is 3. The number of carbonyl (C=O) groups excluding carboxylic acids is 3. The van der Waals surface area contributed by atoms with Crippen LogP contribution in [-0.2, 0) is 0 Å². The van der Waals surface area contributed by atoms with Gasteiger partial charge in [-0.2, -0.15) is 0 Å². The molecule has 0 unspecified atom stereocenters. The molecular weight excluding hydrogens is 312 g/mol. The van der Waals surface area contributed by atoms with Gasteiger partial charge in [0.2, 0.25) is 0 Å². The molecule has 0 spiro atoms. The normalized spacial score (nSPS) is 14.0. The van der Waals surface area contributed by atoms with Gasteiger partial charge in [0.25, 0.3) is 0 Å². The summed E-state index contributed by atoms with van der Waals surface area (Å²) in [5.74, 6) is -1.05. The van der Waals surface area contributed by atoms with E-state index in [4.69, 9.17) is 0 Å². The van der Waals surface area contributed by atoms with Crippen LogP contribution >= 0.6 is 0 Å². The summed E-state index contributed by atoms with van der Waals surface area (Å²) in [6.07, 6.45) is 0. The fourth-order valence-electron chi connectivity index (χ4n) is 3.25. The summed E-state index contributed by atoms with van der Waals surface area (Å²) in [4.78, 5) is 38.4. The highest BCUT2D eigenvalue weighted by Gasteiger charge is 2.33. The summed E-state index contributed by atoms with van der Waals surface area (Å²) in [5.41, 5.74) is 1.25. The van der Waals surface area contributed by atoms with Crippen molar-refractivity contribution in [3.05, 3.63) is 94.6 Å². The molecular formula is C22H14O3. The molecule has 0 radical (unpaired) electrons. The van der Waals surface area contributed by atoms with Crippen LogP contribution in [0.5, 0.6) is 0 Å². The zero-order valence-corrected chi connectivity index (χ0v) is 13.6. The monoisotopic (exact) mass is 326 g/mol. The first-order valence-electron chi connectivity index (χ1n) is 8.01.